The molecule has 0 aliphatic rings. The van der Waals surface area contributed by atoms with Crippen molar-refractivity contribution in [3.8, 4) is 0 Å². The van der Waals surface area contributed by atoms with Crippen LogP contribution in [0.25, 0.3) is 0 Å². The molecular weight excluding hydrogens is 330 g/mol. The number of nitrogens with one attached hydrogen (secondary N) is 1. The molecule has 108 valence electrons. The summed E-state index contributed by atoms with van der Waals surface area (Å²) >= 11 is 3.24. The molecule has 0 radical (unpaired) electrons. The fourth-order valence-corrected chi connectivity index (χ4v) is 1.92. The van der Waals surface area contributed by atoms with Gasteiger partial charge in [0.2, 0.25) is 0 Å². The Balaban J connectivity index is 1.95. The molecule has 0 bridgehead atoms. The summed E-state index contributed by atoms with van der Waals surface area (Å²) in [5, 5.41) is 3.07. The molecule has 1 aromatic heterocycles. The Labute approximate surface area is 132 Å². The summed E-state index contributed by atoms with van der Waals surface area (Å²) in [6.07, 6.45) is 4.67. The van der Waals surface area contributed by atoms with Gasteiger partial charge in [0.05, 0.1) is 0 Å². The molecule has 0 aliphatic carbocycles. The van der Waals surface area contributed by atoms with Crippen molar-refractivity contribution in [2.75, 3.05) is 24.3 Å². The van der Waals surface area contributed by atoms with Gasteiger partial charge in [-0.25, -0.2) is 4.98 Å². The Kier molecular flexibility index (Phi) is 5.11. The molecule has 2 rings (SSSR count). The Hall–Kier alpha value is -2.14. The first-order chi connectivity index (χ1) is 10.1. The normalized spacial score (nSPS) is 10.6. The van der Waals surface area contributed by atoms with Crippen molar-refractivity contribution in [2.24, 2.45) is 0 Å². The maximum Gasteiger partial charge on any atom is 0.188 e. The average molecular weight is 346 g/mol. The number of anilines is 2. The van der Waals surface area contributed by atoms with Gasteiger partial charge in [-0.1, -0.05) is 0 Å². The van der Waals surface area contributed by atoms with E-state index in [1.165, 1.54) is 6.08 Å². The lowest BCUT2D eigenvalue weighted by molar-refractivity contribution is 0.104. The van der Waals surface area contributed by atoms with Gasteiger partial charge in [-0.3, -0.25) is 4.79 Å². The third-order valence-electron chi connectivity index (χ3n) is 2.88. The minimum Gasteiger partial charge on any atom is -0.378 e. The highest BCUT2D eigenvalue weighted by Gasteiger charge is 2.01. The van der Waals surface area contributed by atoms with E-state index in [1.54, 1.807) is 24.5 Å². The molecule has 0 atom stereocenters. The number of hydrogen-bond acceptors (Lipinski definition) is 4. The zero-order chi connectivity index (χ0) is 15.2. The van der Waals surface area contributed by atoms with Crippen molar-refractivity contribution in [2.45, 2.75) is 0 Å². The molecule has 0 unspecified atom stereocenters. The first-order valence-corrected chi connectivity index (χ1v) is 7.22. The van der Waals surface area contributed by atoms with Crippen LogP contribution in [0.4, 0.5) is 11.4 Å². The summed E-state index contributed by atoms with van der Waals surface area (Å²) in [6.45, 7) is 0. The van der Waals surface area contributed by atoms with Crippen molar-refractivity contribution in [1.29, 1.82) is 0 Å². The fraction of sp³-hybridized carbons (Fsp3) is 0.125. The molecule has 2 aromatic rings. The van der Waals surface area contributed by atoms with Crippen molar-refractivity contribution in [1.82, 2.24) is 4.98 Å². The van der Waals surface area contributed by atoms with E-state index in [0.717, 1.165) is 11.4 Å². The van der Waals surface area contributed by atoms with Crippen molar-refractivity contribution >= 4 is 33.1 Å². The molecule has 5 heteroatoms. The molecule has 0 saturated heterocycles. The number of allylic oxidation sites excluding steroid dienone is 1. The molecule has 21 heavy (non-hydrogen) atoms. The standard InChI is InChI=1S/C16H16BrN3O/c1-20(2)14-6-4-13(5-7-14)18-10-9-15(21)12-3-8-16(17)19-11-12/h3-11,18H,1-2H3/b10-9+. The number of halogens is 1. The molecule has 1 heterocycles. The third-order valence-corrected chi connectivity index (χ3v) is 3.35. The van der Waals surface area contributed by atoms with Gasteiger partial charge in [-0.05, 0) is 52.3 Å². The Bertz CT molecular complexity index is 634. The Morgan fingerprint density at radius 3 is 2.48 bits per heavy atom. The SMILES string of the molecule is CN(C)c1ccc(N/C=C/C(=O)c2ccc(Br)nc2)cc1. The van der Waals surface area contributed by atoms with Crippen LogP contribution in [-0.4, -0.2) is 24.9 Å². The van der Waals surface area contributed by atoms with Gasteiger partial charge < -0.3 is 10.2 Å². The number of aromatic nitrogens is 1. The van der Waals surface area contributed by atoms with Gasteiger partial charge in [-0.15, -0.1) is 0 Å². The lowest BCUT2D eigenvalue weighted by Gasteiger charge is -2.12. The molecule has 0 amide bonds. The average Bonchev–Trinajstić information content (AvgIpc) is 2.48. The van der Waals surface area contributed by atoms with Gasteiger partial charge in [-0.2, -0.15) is 0 Å². The van der Waals surface area contributed by atoms with E-state index in [-0.39, 0.29) is 5.78 Å². The number of nitrogens with zero attached hydrogens (tertiary/aromatic N) is 2. The first-order valence-electron chi connectivity index (χ1n) is 6.42. The minimum atomic E-state index is -0.0904. The number of carbonyl (C=O) groups excluding carboxylic acids is 1. The van der Waals surface area contributed by atoms with Crippen LogP contribution in [-0.2, 0) is 0 Å². The summed E-state index contributed by atoms with van der Waals surface area (Å²) in [7, 11) is 3.99. The summed E-state index contributed by atoms with van der Waals surface area (Å²) in [5.74, 6) is -0.0904. The predicted molar refractivity (Wildman–Crippen MR) is 89.8 cm³/mol. The van der Waals surface area contributed by atoms with E-state index in [9.17, 15) is 4.79 Å². The van der Waals surface area contributed by atoms with Crippen LogP contribution < -0.4 is 10.2 Å². The highest BCUT2D eigenvalue weighted by atomic mass is 79.9. The van der Waals surface area contributed by atoms with Crippen LogP contribution in [0.5, 0.6) is 0 Å². The van der Waals surface area contributed by atoms with Crippen molar-refractivity contribution < 1.29 is 4.79 Å². The van der Waals surface area contributed by atoms with Gasteiger partial charge >= 0.3 is 0 Å². The Morgan fingerprint density at radius 1 is 1.19 bits per heavy atom. The van der Waals surface area contributed by atoms with E-state index in [1.807, 2.05) is 43.3 Å². The third kappa shape index (κ3) is 4.43. The molecular formula is C16H16BrN3O. The predicted octanol–water partition coefficient (Wildman–Crippen LogP) is 3.72. The highest BCUT2D eigenvalue weighted by molar-refractivity contribution is 9.10. The largest absolute Gasteiger partial charge is 0.378 e. The fourth-order valence-electron chi connectivity index (χ4n) is 1.69. The Morgan fingerprint density at radius 2 is 1.90 bits per heavy atom. The van der Waals surface area contributed by atoms with Crippen LogP contribution in [0.2, 0.25) is 0 Å². The number of carbonyl (C=O) groups is 1. The number of hydrogen-bond donors (Lipinski definition) is 1. The minimum absolute atomic E-state index is 0.0904. The van der Waals surface area contributed by atoms with E-state index >= 15 is 0 Å². The molecule has 0 saturated carbocycles. The molecule has 1 N–H and O–H groups in total. The van der Waals surface area contributed by atoms with Crippen molar-refractivity contribution in [3.05, 3.63) is 65.0 Å². The molecule has 0 fully saturated rings. The monoisotopic (exact) mass is 345 g/mol. The highest BCUT2D eigenvalue weighted by Crippen LogP contribution is 2.15. The van der Waals surface area contributed by atoms with E-state index < -0.39 is 0 Å². The maximum atomic E-state index is 11.9. The van der Waals surface area contributed by atoms with Gasteiger partial charge in [0.15, 0.2) is 5.78 Å². The van der Waals surface area contributed by atoms with Gasteiger partial charge in [0, 0.05) is 49.5 Å². The number of rotatable bonds is 5. The zero-order valence-corrected chi connectivity index (χ0v) is 13.5. The second kappa shape index (κ2) is 7.04. The van der Waals surface area contributed by atoms with Gasteiger partial charge in [0.1, 0.15) is 4.60 Å². The summed E-state index contributed by atoms with van der Waals surface area (Å²) in [5.41, 5.74) is 2.61. The lowest BCUT2D eigenvalue weighted by atomic mass is 10.2. The van der Waals surface area contributed by atoms with Crippen LogP contribution in [0.15, 0.2) is 59.5 Å². The van der Waals surface area contributed by atoms with Crippen molar-refractivity contribution in [3.63, 3.8) is 0 Å². The maximum absolute atomic E-state index is 11.9. The second-order valence-corrected chi connectivity index (χ2v) is 5.47. The summed E-state index contributed by atoms with van der Waals surface area (Å²) in [4.78, 5) is 18.0. The van der Waals surface area contributed by atoms with Crippen LogP contribution >= 0.6 is 15.9 Å². The molecule has 0 spiro atoms. The van der Waals surface area contributed by atoms with Gasteiger partial charge in [0.25, 0.3) is 0 Å². The van der Waals surface area contributed by atoms with Crippen LogP contribution in [0, 0.1) is 0 Å². The van der Waals surface area contributed by atoms with E-state index in [0.29, 0.717) is 10.2 Å². The quantitative estimate of drug-likeness (QED) is 0.509. The molecule has 1 aromatic carbocycles. The molecule has 0 aliphatic heterocycles. The second-order valence-electron chi connectivity index (χ2n) is 4.65. The lowest BCUT2D eigenvalue weighted by Crippen LogP contribution is -2.08. The topological polar surface area (TPSA) is 45.2 Å². The summed E-state index contributed by atoms with van der Waals surface area (Å²) < 4.78 is 0.710. The number of ketones is 1. The number of benzene rings is 1. The summed E-state index contributed by atoms with van der Waals surface area (Å²) in [6, 6.07) is 11.4. The smallest absolute Gasteiger partial charge is 0.188 e. The van der Waals surface area contributed by atoms with Crippen LogP contribution in [0.1, 0.15) is 10.4 Å². The van der Waals surface area contributed by atoms with E-state index in [2.05, 4.69) is 26.2 Å². The zero-order valence-electron chi connectivity index (χ0n) is 11.9. The number of pyridine rings is 1. The first kappa shape index (κ1) is 15.3. The molecule has 4 nitrogen and oxygen atoms in total. The van der Waals surface area contributed by atoms with Crippen LogP contribution in [0.3, 0.4) is 0 Å². The van der Waals surface area contributed by atoms with E-state index in [4.69, 9.17) is 0 Å².